The molecule has 0 aliphatic heterocycles. The normalized spacial score (nSPS) is 11.5. The van der Waals surface area contributed by atoms with Gasteiger partial charge in [-0.3, -0.25) is 9.59 Å². The molecule has 1 atom stereocenters. The molecule has 0 saturated heterocycles. The van der Waals surface area contributed by atoms with Crippen LogP contribution >= 0.6 is 22.6 Å². The van der Waals surface area contributed by atoms with Gasteiger partial charge in [0.2, 0.25) is 5.91 Å². The first kappa shape index (κ1) is 24.4. The van der Waals surface area contributed by atoms with E-state index in [9.17, 15) is 18.4 Å². The maximum Gasteiger partial charge on any atom is 0.254 e. The molecule has 0 aliphatic carbocycles. The van der Waals surface area contributed by atoms with Gasteiger partial charge in [0, 0.05) is 21.4 Å². The van der Waals surface area contributed by atoms with Gasteiger partial charge in [-0.25, -0.2) is 8.78 Å². The number of halogens is 3. The Morgan fingerprint density at radius 3 is 2.52 bits per heavy atom. The Morgan fingerprint density at radius 2 is 1.85 bits per heavy atom. The van der Waals surface area contributed by atoms with Crippen LogP contribution in [0.2, 0.25) is 0 Å². The van der Waals surface area contributed by atoms with E-state index in [0.29, 0.717) is 3.57 Å². The minimum absolute atomic E-state index is 0.0133. The van der Waals surface area contributed by atoms with E-state index in [4.69, 9.17) is 21.3 Å². The standard InChI is InChI=1S/C22H19F2IN4O4/c23-11-6-18(29-17-5-4-12(25)8-15(17)24)20(21(27)31)19(7-11)33-14-3-1-2-13(9-14)28-22(32)16(26)10-30/h1-9,16,29-30H,10,26H2,(H2,27,31)(H,28,32). The predicted octanol–water partition coefficient (Wildman–Crippen LogP) is 3.46. The second-order valence-electron chi connectivity index (χ2n) is 6.85. The number of primary amides is 1. The first-order valence-electron chi connectivity index (χ1n) is 9.48. The summed E-state index contributed by atoms with van der Waals surface area (Å²) in [6.07, 6.45) is 0. The third-order valence-electron chi connectivity index (χ3n) is 4.38. The van der Waals surface area contributed by atoms with Crippen LogP contribution in [-0.2, 0) is 4.79 Å². The van der Waals surface area contributed by atoms with Crippen molar-refractivity contribution >= 4 is 51.5 Å². The second kappa shape index (κ2) is 10.6. The van der Waals surface area contributed by atoms with Crippen LogP contribution in [0.1, 0.15) is 10.4 Å². The van der Waals surface area contributed by atoms with Crippen LogP contribution in [0.25, 0.3) is 0 Å². The molecule has 0 aromatic heterocycles. The van der Waals surface area contributed by atoms with Crippen LogP contribution in [-0.4, -0.2) is 29.6 Å². The van der Waals surface area contributed by atoms with Crippen molar-refractivity contribution in [1.82, 2.24) is 0 Å². The summed E-state index contributed by atoms with van der Waals surface area (Å²) in [6, 6.07) is 11.2. The molecule has 0 spiro atoms. The molecule has 7 N–H and O–H groups in total. The Hall–Kier alpha value is -3.29. The van der Waals surface area contributed by atoms with Crippen LogP contribution in [0, 0.1) is 15.2 Å². The van der Waals surface area contributed by atoms with E-state index < -0.39 is 36.1 Å². The number of carbonyl (C=O) groups excluding carboxylic acids is 2. The Bertz CT molecular complexity index is 1210. The minimum atomic E-state index is -1.12. The Kier molecular flexibility index (Phi) is 7.79. The number of ether oxygens (including phenoxy) is 1. The number of aliphatic hydroxyl groups is 1. The van der Waals surface area contributed by atoms with Crippen molar-refractivity contribution in [3.05, 3.63) is 75.4 Å². The van der Waals surface area contributed by atoms with Gasteiger partial charge in [0.25, 0.3) is 5.91 Å². The van der Waals surface area contributed by atoms with Crippen molar-refractivity contribution < 1.29 is 28.2 Å². The number of benzene rings is 3. The van der Waals surface area contributed by atoms with Crippen LogP contribution in [0.15, 0.2) is 54.6 Å². The Morgan fingerprint density at radius 1 is 1.09 bits per heavy atom. The third-order valence-corrected chi connectivity index (χ3v) is 5.05. The first-order valence-corrected chi connectivity index (χ1v) is 10.6. The monoisotopic (exact) mass is 568 g/mol. The molecule has 33 heavy (non-hydrogen) atoms. The van der Waals surface area contributed by atoms with Crippen molar-refractivity contribution in [2.24, 2.45) is 11.5 Å². The van der Waals surface area contributed by atoms with Crippen LogP contribution in [0.4, 0.5) is 25.8 Å². The number of hydrogen-bond donors (Lipinski definition) is 5. The highest BCUT2D eigenvalue weighted by Gasteiger charge is 2.20. The van der Waals surface area contributed by atoms with E-state index in [0.717, 1.165) is 12.1 Å². The molecule has 0 saturated carbocycles. The molecule has 3 rings (SSSR count). The van der Waals surface area contributed by atoms with Crippen LogP contribution in [0.3, 0.4) is 0 Å². The summed E-state index contributed by atoms with van der Waals surface area (Å²) in [5, 5.41) is 14.2. The molecule has 2 amide bonds. The van der Waals surface area contributed by atoms with Gasteiger partial charge in [0.05, 0.1) is 18.0 Å². The SMILES string of the molecule is NC(=O)c1c(Nc2ccc(I)cc2F)cc(F)cc1Oc1cccc(NC(=O)C(N)CO)c1. The number of nitrogens with one attached hydrogen (secondary N) is 2. The van der Waals surface area contributed by atoms with E-state index in [1.807, 2.05) is 22.6 Å². The Labute approximate surface area is 201 Å². The summed E-state index contributed by atoms with van der Waals surface area (Å²) in [7, 11) is 0. The fourth-order valence-corrected chi connectivity index (χ4v) is 3.29. The van der Waals surface area contributed by atoms with Crippen molar-refractivity contribution in [3.8, 4) is 11.5 Å². The first-order chi connectivity index (χ1) is 15.7. The number of rotatable bonds is 8. The van der Waals surface area contributed by atoms with Gasteiger partial charge < -0.3 is 31.9 Å². The lowest BCUT2D eigenvalue weighted by molar-refractivity contribution is -0.118. The van der Waals surface area contributed by atoms with E-state index in [-0.39, 0.29) is 34.1 Å². The maximum atomic E-state index is 14.4. The largest absolute Gasteiger partial charge is 0.456 e. The van der Waals surface area contributed by atoms with Gasteiger partial charge in [0.15, 0.2) is 0 Å². The molecule has 0 fully saturated rings. The molecule has 11 heteroatoms. The number of carbonyl (C=O) groups is 2. The molecule has 8 nitrogen and oxygen atoms in total. The predicted molar refractivity (Wildman–Crippen MR) is 128 cm³/mol. The second-order valence-corrected chi connectivity index (χ2v) is 8.09. The van der Waals surface area contributed by atoms with Crippen molar-refractivity contribution in [1.29, 1.82) is 0 Å². The lowest BCUT2D eigenvalue weighted by Gasteiger charge is -2.16. The highest BCUT2D eigenvalue weighted by Crippen LogP contribution is 2.34. The van der Waals surface area contributed by atoms with Gasteiger partial charge in [0.1, 0.15) is 34.7 Å². The highest BCUT2D eigenvalue weighted by atomic mass is 127. The highest BCUT2D eigenvalue weighted by molar-refractivity contribution is 14.1. The molecule has 0 radical (unpaired) electrons. The maximum absolute atomic E-state index is 14.4. The van der Waals surface area contributed by atoms with Gasteiger partial charge in [-0.1, -0.05) is 6.07 Å². The minimum Gasteiger partial charge on any atom is -0.456 e. The smallest absolute Gasteiger partial charge is 0.254 e. The average Bonchev–Trinajstić information content (AvgIpc) is 2.74. The summed E-state index contributed by atoms with van der Waals surface area (Å²) in [5.74, 6) is -2.99. The molecule has 172 valence electrons. The van der Waals surface area contributed by atoms with Crippen molar-refractivity contribution in [2.45, 2.75) is 6.04 Å². The van der Waals surface area contributed by atoms with E-state index in [1.165, 1.54) is 24.3 Å². The number of amides is 2. The summed E-state index contributed by atoms with van der Waals surface area (Å²) in [6.45, 7) is -0.537. The van der Waals surface area contributed by atoms with Crippen molar-refractivity contribution in [2.75, 3.05) is 17.2 Å². The molecule has 3 aromatic rings. The van der Waals surface area contributed by atoms with Gasteiger partial charge in [-0.15, -0.1) is 0 Å². The zero-order valence-electron chi connectivity index (χ0n) is 16.9. The average molecular weight is 568 g/mol. The van der Waals surface area contributed by atoms with E-state index in [1.54, 1.807) is 18.2 Å². The van der Waals surface area contributed by atoms with E-state index in [2.05, 4.69) is 10.6 Å². The zero-order chi connectivity index (χ0) is 24.1. The van der Waals surface area contributed by atoms with Gasteiger partial charge >= 0.3 is 0 Å². The number of nitrogens with two attached hydrogens (primary N) is 2. The topological polar surface area (TPSA) is 140 Å². The Balaban J connectivity index is 1.94. The van der Waals surface area contributed by atoms with Gasteiger partial charge in [-0.05, 0) is 59.0 Å². The molecular weight excluding hydrogens is 549 g/mol. The number of aliphatic hydroxyl groups excluding tert-OH is 1. The molecule has 0 aliphatic rings. The third kappa shape index (κ3) is 6.15. The lowest BCUT2D eigenvalue weighted by atomic mass is 10.1. The fraction of sp³-hybridized carbons (Fsp3) is 0.0909. The molecular formula is C22H19F2IN4O4. The molecule has 3 aromatic carbocycles. The van der Waals surface area contributed by atoms with Gasteiger partial charge in [-0.2, -0.15) is 0 Å². The molecule has 0 bridgehead atoms. The summed E-state index contributed by atoms with van der Waals surface area (Å²) in [5.41, 5.74) is 11.0. The lowest BCUT2D eigenvalue weighted by Crippen LogP contribution is -2.38. The number of anilines is 3. The fourth-order valence-electron chi connectivity index (χ4n) is 2.83. The quantitative estimate of drug-likeness (QED) is 0.264. The molecule has 0 heterocycles. The zero-order valence-corrected chi connectivity index (χ0v) is 19.1. The summed E-state index contributed by atoms with van der Waals surface area (Å²) in [4.78, 5) is 24.1. The number of hydrogen-bond acceptors (Lipinski definition) is 6. The summed E-state index contributed by atoms with van der Waals surface area (Å²) >= 11 is 1.94. The van der Waals surface area contributed by atoms with E-state index >= 15 is 0 Å². The van der Waals surface area contributed by atoms with Crippen LogP contribution < -0.4 is 26.8 Å². The van der Waals surface area contributed by atoms with Crippen LogP contribution in [0.5, 0.6) is 11.5 Å². The molecule has 1 unspecified atom stereocenters. The summed E-state index contributed by atoms with van der Waals surface area (Å²) < 4.78 is 35.0. The van der Waals surface area contributed by atoms with Crippen molar-refractivity contribution in [3.63, 3.8) is 0 Å².